The van der Waals surface area contributed by atoms with Crippen molar-refractivity contribution in [3.8, 4) is 5.75 Å². The number of hydrogen-bond acceptors (Lipinski definition) is 5. The van der Waals surface area contributed by atoms with E-state index in [2.05, 4.69) is 0 Å². The lowest BCUT2D eigenvalue weighted by molar-refractivity contribution is -0.162. The van der Waals surface area contributed by atoms with Crippen LogP contribution in [-0.4, -0.2) is 31.8 Å². The van der Waals surface area contributed by atoms with E-state index in [0.717, 1.165) is 16.7 Å². The summed E-state index contributed by atoms with van der Waals surface area (Å²) in [5.41, 5.74) is 2.33. The molecule has 1 aliphatic rings. The van der Waals surface area contributed by atoms with Gasteiger partial charge in [-0.05, 0) is 56.5 Å². The van der Waals surface area contributed by atoms with Gasteiger partial charge in [0.05, 0.1) is 13.2 Å². The van der Waals surface area contributed by atoms with Gasteiger partial charge in [0, 0.05) is 5.57 Å². The van der Waals surface area contributed by atoms with Crippen molar-refractivity contribution >= 4 is 18.0 Å². The average molecular weight is 394 g/mol. The number of fused-ring (bicyclic) bond motifs is 1. The molecule has 0 N–H and O–H groups in total. The summed E-state index contributed by atoms with van der Waals surface area (Å²) in [4.78, 5) is 26.3. The Morgan fingerprint density at radius 3 is 2.21 bits per heavy atom. The average Bonchev–Trinajstić information content (AvgIpc) is 3.03. The molecule has 3 rings (SSSR count). The number of ether oxygens (including phenoxy) is 3. The second-order valence-electron chi connectivity index (χ2n) is 7.01. The van der Waals surface area contributed by atoms with Gasteiger partial charge >= 0.3 is 11.9 Å². The highest BCUT2D eigenvalue weighted by atomic mass is 16.6. The highest BCUT2D eigenvalue weighted by molar-refractivity contribution is 6.13. The van der Waals surface area contributed by atoms with Crippen LogP contribution in [0.1, 0.15) is 36.1 Å². The molecule has 0 saturated carbocycles. The third kappa shape index (κ3) is 3.65. The third-order valence-electron chi connectivity index (χ3n) is 5.05. The molecule has 0 radical (unpaired) electrons. The lowest BCUT2D eigenvalue weighted by Crippen LogP contribution is -2.47. The molecule has 0 bridgehead atoms. The molecule has 2 aromatic carbocycles. The Morgan fingerprint density at radius 2 is 1.59 bits per heavy atom. The first kappa shape index (κ1) is 20.6. The summed E-state index contributed by atoms with van der Waals surface area (Å²) in [5.74, 6) is -0.577. The van der Waals surface area contributed by atoms with Gasteiger partial charge < -0.3 is 14.2 Å². The molecule has 0 amide bonds. The molecule has 0 atom stereocenters. The number of carbonyl (C=O) groups excluding carboxylic acids is 2. The van der Waals surface area contributed by atoms with Gasteiger partial charge in [-0.3, -0.25) is 9.59 Å². The van der Waals surface area contributed by atoms with Crippen LogP contribution in [0.3, 0.4) is 0 Å². The maximum Gasteiger partial charge on any atom is 0.332 e. The Hall–Kier alpha value is -3.08. The molecule has 0 fully saturated rings. The molecule has 2 aromatic rings. The Labute approximate surface area is 171 Å². The standard InChI is InChI=1S/C24H26O5/c1-5-27-22(25)24(23(26)28-6-2)19(14-18-9-7-8-10-20(18)24)15-29-21-12-11-16(3)13-17(21)4/h7-14H,5-6,15H2,1-4H3. The van der Waals surface area contributed by atoms with Crippen molar-refractivity contribution in [2.75, 3.05) is 19.8 Å². The van der Waals surface area contributed by atoms with E-state index in [1.54, 1.807) is 26.0 Å². The summed E-state index contributed by atoms with van der Waals surface area (Å²) in [6.07, 6.45) is 1.83. The third-order valence-corrected chi connectivity index (χ3v) is 5.05. The largest absolute Gasteiger partial charge is 0.489 e. The van der Waals surface area contributed by atoms with Crippen molar-refractivity contribution in [2.45, 2.75) is 33.1 Å². The SMILES string of the molecule is CCOC(=O)C1(C(=O)OCC)C(COc2ccc(C)cc2C)=Cc2ccccc21. The summed E-state index contributed by atoms with van der Waals surface area (Å²) >= 11 is 0. The molecule has 5 heteroatoms. The monoisotopic (exact) mass is 394 g/mol. The molecule has 0 aromatic heterocycles. The number of aryl methyl sites for hydroxylation is 2. The van der Waals surface area contributed by atoms with Crippen LogP contribution in [0.2, 0.25) is 0 Å². The Balaban J connectivity index is 2.05. The number of rotatable bonds is 7. The fourth-order valence-corrected chi connectivity index (χ4v) is 3.74. The zero-order chi connectivity index (χ0) is 21.0. The van der Waals surface area contributed by atoms with Crippen molar-refractivity contribution in [3.63, 3.8) is 0 Å². The smallest absolute Gasteiger partial charge is 0.332 e. The first-order valence-electron chi connectivity index (χ1n) is 9.80. The van der Waals surface area contributed by atoms with Gasteiger partial charge in [-0.2, -0.15) is 0 Å². The van der Waals surface area contributed by atoms with Gasteiger partial charge in [0.25, 0.3) is 0 Å². The molecular formula is C24H26O5. The van der Waals surface area contributed by atoms with Crippen LogP contribution in [0.15, 0.2) is 48.0 Å². The lowest BCUT2D eigenvalue weighted by atomic mass is 9.77. The van der Waals surface area contributed by atoms with Crippen LogP contribution < -0.4 is 4.74 Å². The number of carbonyl (C=O) groups is 2. The van der Waals surface area contributed by atoms with E-state index < -0.39 is 17.4 Å². The molecule has 0 heterocycles. The molecule has 0 spiro atoms. The summed E-state index contributed by atoms with van der Waals surface area (Å²) in [5, 5.41) is 0. The van der Waals surface area contributed by atoms with E-state index in [1.165, 1.54) is 0 Å². The first-order valence-corrected chi connectivity index (χ1v) is 9.80. The maximum atomic E-state index is 13.2. The predicted octanol–water partition coefficient (Wildman–Crippen LogP) is 4.14. The molecule has 0 saturated heterocycles. The fourth-order valence-electron chi connectivity index (χ4n) is 3.74. The predicted molar refractivity (Wildman–Crippen MR) is 111 cm³/mol. The zero-order valence-corrected chi connectivity index (χ0v) is 17.3. The quantitative estimate of drug-likeness (QED) is 0.522. The first-order chi connectivity index (χ1) is 13.9. The molecule has 1 aliphatic carbocycles. The van der Waals surface area contributed by atoms with Crippen LogP contribution in [0, 0.1) is 13.8 Å². The van der Waals surface area contributed by atoms with Crippen molar-refractivity contribution in [1.82, 2.24) is 0 Å². The highest BCUT2D eigenvalue weighted by Gasteiger charge is 2.57. The molecule has 0 aliphatic heterocycles. The molecule has 29 heavy (non-hydrogen) atoms. The zero-order valence-electron chi connectivity index (χ0n) is 17.3. The topological polar surface area (TPSA) is 61.8 Å². The van der Waals surface area contributed by atoms with Crippen LogP contribution >= 0.6 is 0 Å². The van der Waals surface area contributed by atoms with Gasteiger partial charge in [-0.1, -0.05) is 42.0 Å². The number of benzene rings is 2. The summed E-state index contributed by atoms with van der Waals surface area (Å²) in [6.45, 7) is 7.79. The van der Waals surface area contributed by atoms with E-state index >= 15 is 0 Å². The molecule has 0 unspecified atom stereocenters. The van der Waals surface area contributed by atoms with Crippen LogP contribution in [0.5, 0.6) is 5.75 Å². The van der Waals surface area contributed by atoms with Crippen LogP contribution in [-0.2, 0) is 24.5 Å². The van der Waals surface area contributed by atoms with Gasteiger partial charge in [0.1, 0.15) is 12.4 Å². The molecular weight excluding hydrogens is 368 g/mol. The summed E-state index contributed by atoms with van der Waals surface area (Å²) in [6, 6.07) is 13.2. The van der Waals surface area contributed by atoms with E-state index in [0.29, 0.717) is 16.9 Å². The lowest BCUT2D eigenvalue weighted by Gasteiger charge is -2.29. The van der Waals surface area contributed by atoms with Crippen LogP contribution in [0.25, 0.3) is 6.08 Å². The van der Waals surface area contributed by atoms with Gasteiger partial charge in [0.15, 0.2) is 0 Å². The fraction of sp³-hybridized carbons (Fsp3) is 0.333. The Kier molecular flexibility index (Phi) is 6.06. The minimum atomic E-state index is -1.65. The van der Waals surface area contributed by atoms with E-state index in [1.807, 2.05) is 50.3 Å². The summed E-state index contributed by atoms with van der Waals surface area (Å²) < 4.78 is 16.7. The number of esters is 2. The van der Waals surface area contributed by atoms with Crippen LogP contribution in [0.4, 0.5) is 0 Å². The second-order valence-corrected chi connectivity index (χ2v) is 7.01. The second kappa shape index (κ2) is 8.52. The van der Waals surface area contributed by atoms with Gasteiger partial charge in [-0.15, -0.1) is 0 Å². The van der Waals surface area contributed by atoms with E-state index in [-0.39, 0.29) is 19.8 Å². The highest BCUT2D eigenvalue weighted by Crippen LogP contribution is 2.44. The minimum absolute atomic E-state index is 0.0657. The molecule has 152 valence electrons. The van der Waals surface area contributed by atoms with Gasteiger partial charge in [-0.25, -0.2) is 0 Å². The Morgan fingerprint density at radius 1 is 0.931 bits per heavy atom. The van der Waals surface area contributed by atoms with Crippen molar-refractivity contribution in [1.29, 1.82) is 0 Å². The maximum absolute atomic E-state index is 13.2. The van der Waals surface area contributed by atoms with Crippen molar-refractivity contribution < 1.29 is 23.8 Å². The summed E-state index contributed by atoms with van der Waals surface area (Å²) in [7, 11) is 0. The molecule has 5 nitrogen and oxygen atoms in total. The van der Waals surface area contributed by atoms with E-state index in [9.17, 15) is 9.59 Å². The normalized spacial score (nSPS) is 14.0. The minimum Gasteiger partial charge on any atom is -0.489 e. The van der Waals surface area contributed by atoms with E-state index in [4.69, 9.17) is 14.2 Å². The number of hydrogen-bond donors (Lipinski definition) is 0. The van der Waals surface area contributed by atoms with Crippen molar-refractivity contribution in [3.05, 3.63) is 70.3 Å². The Bertz CT molecular complexity index is 939. The van der Waals surface area contributed by atoms with Crippen molar-refractivity contribution in [2.24, 2.45) is 0 Å². The van der Waals surface area contributed by atoms with Gasteiger partial charge in [0.2, 0.25) is 5.41 Å².